The molecular weight excluding hydrogens is 425 g/mol. The van der Waals surface area contributed by atoms with Crippen LogP contribution in [0.2, 0.25) is 0 Å². The highest BCUT2D eigenvalue weighted by molar-refractivity contribution is 6.06. The van der Waals surface area contributed by atoms with Crippen molar-refractivity contribution in [3.63, 3.8) is 0 Å². The lowest BCUT2D eigenvalue weighted by Crippen LogP contribution is -2.44. The average molecular weight is 451 g/mol. The van der Waals surface area contributed by atoms with E-state index in [1.54, 1.807) is 0 Å². The fourth-order valence-corrected chi connectivity index (χ4v) is 6.88. The molecule has 0 spiro atoms. The molecule has 0 unspecified atom stereocenters. The lowest BCUT2D eigenvalue weighted by atomic mass is 9.63. The number of halogens is 1. The number of hydrogen-bond donors (Lipinski definition) is 0. The molecule has 6 nitrogen and oxygen atoms in total. The van der Waals surface area contributed by atoms with Gasteiger partial charge in [0.15, 0.2) is 12.4 Å². The predicted molar refractivity (Wildman–Crippen MR) is 114 cm³/mol. The molecule has 1 aromatic carbocycles. The molecule has 5 aliphatic carbocycles. The van der Waals surface area contributed by atoms with E-state index >= 15 is 0 Å². The van der Waals surface area contributed by atoms with Crippen molar-refractivity contribution in [3.05, 3.63) is 47.8 Å². The fourth-order valence-electron chi connectivity index (χ4n) is 6.88. The molecule has 4 fully saturated rings. The summed E-state index contributed by atoms with van der Waals surface area (Å²) < 4.78 is 18.2. The van der Waals surface area contributed by atoms with Gasteiger partial charge in [-0.15, -0.1) is 0 Å². The molecule has 7 heteroatoms. The lowest BCUT2D eigenvalue weighted by molar-refractivity contribution is -0.149. The summed E-state index contributed by atoms with van der Waals surface area (Å²) in [6, 6.07) is 4.96. The maximum atomic E-state index is 13.3. The van der Waals surface area contributed by atoms with Crippen molar-refractivity contribution < 1.29 is 28.3 Å². The number of benzene rings is 1. The predicted octanol–water partition coefficient (Wildman–Crippen LogP) is 3.16. The van der Waals surface area contributed by atoms with E-state index in [4.69, 9.17) is 4.74 Å². The summed E-state index contributed by atoms with van der Waals surface area (Å²) in [4.78, 5) is 52.7. The SMILES string of the molecule is O=C(COC(=O)C1CCC(N2C(=O)[C@H]3[C@@H]4C=C[C@H]([C@H]5C[C@H]45)[C@@H]3C2=O)CC1)c1ccc(F)cc1. The molecular formula is C26H26FNO5. The molecule has 1 saturated heterocycles. The molecule has 6 atom stereocenters. The Morgan fingerprint density at radius 1 is 0.909 bits per heavy atom. The van der Waals surface area contributed by atoms with Crippen molar-refractivity contribution in [2.24, 2.45) is 41.4 Å². The molecule has 0 N–H and O–H groups in total. The van der Waals surface area contributed by atoms with Gasteiger partial charge in [0.1, 0.15) is 5.82 Å². The monoisotopic (exact) mass is 451 g/mol. The van der Waals surface area contributed by atoms with Crippen LogP contribution in [-0.4, -0.2) is 41.1 Å². The van der Waals surface area contributed by atoms with E-state index < -0.39 is 11.8 Å². The zero-order valence-electron chi connectivity index (χ0n) is 18.2. The van der Waals surface area contributed by atoms with Crippen LogP contribution in [0.5, 0.6) is 0 Å². The molecule has 1 heterocycles. The van der Waals surface area contributed by atoms with Crippen LogP contribution in [0, 0.1) is 47.2 Å². The Labute approximate surface area is 191 Å². The number of Topliss-reactive ketones (excluding diaryl/α,β-unsaturated/α-hetero) is 1. The van der Waals surface area contributed by atoms with Gasteiger partial charge in [0.05, 0.1) is 17.8 Å². The molecule has 7 rings (SSSR count). The van der Waals surface area contributed by atoms with Crippen molar-refractivity contribution >= 4 is 23.6 Å². The van der Waals surface area contributed by atoms with Crippen LogP contribution in [0.25, 0.3) is 0 Å². The molecule has 2 bridgehead atoms. The largest absolute Gasteiger partial charge is 0.457 e. The van der Waals surface area contributed by atoms with Gasteiger partial charge in [0.25, 0.3) is 0 Å². The van der Waals surface area contributed by atoms with Crippen molar-refractivity contribution in [2.75, 3.05) is 6.61 Å². The van der Waals surface area contributed by atoms with Gasteiger partial charge in [0.2, 0.25) is 11.8 Å². The fraction of sp³-hybridized carbons (Fsp3) is 0.538. The third-order valence-corrected chi connectivity index (χ3v) is 8.60. The third-order valence-electron chi connectivity index (χ3n) is 8.60. The van der Waals surface area contributed by atoms with E-state index in [1.807, 2.05) is 0 Å². The zero-order chi connectivity index (χ0) is 22.9. The average Bonchev–Trinajstić information content (AvgIpc) is 3.61. The van der Waals surface area contributed by atoms with Crippen LogP contribution >= 0.6 is 0 Å². The van der Waals surface area contributed by atoms with Crippen LogP contribution < -0.4 is 0 Å². The first kappa shape index (κ1) is 20.8. The molecule has 0 aromatic heterocycles. The van der Waals surface area contributed by atoms with Crippen molar-refractivity contribution in [1.82, 2.24) is 4.90 Å². The van der Waals surface area contributed by atoms with E-state index in [9.17, 15) is 23.6 Å². The minimum atomic E-state index is -0.435. The maximum Gasteiger partial charge on any atom is 0.309 e. The molecule has 2 amide bonds. The summed E-state index contributed by atoms with van der Waals surface area (Å²) in [5.41, 5.74) is 0.293. The number of ether oxygens (including phenoxy) is 1. The first-order valence-corrected chi connectivity index (χ1v) is 11.9. The van der Waals surface area contributed by atoms with E-state index in [2.05, 4.69) is 12.2 Å². The number of carbonyl (C=O) groups excluding carboxylic acids is 4. The number of likely N-dealkylation sites (tertiary alicyclic amines) is 1. The van der Waals surface area contributed by atoms with Gasteiger partial charge in [-0.2, -0.15) is 0 Å². The number of imide groups is 1. The number of esters is 1. The Morgan fingerprint density at radius 2 is 1.48 bits per heavy atom. The number of hydrogen-bond acceptors (Lipinski definition) is 5. The van der Waals surface area contributed by atoms with Crippen molar-refractivity contribution in [3.8, 4) is 0 Å². The lowest BCUT2D eigenvalue weighted by Gasteiger charge is -2.37. The van der Waals surface area contributed by atoms with Gasteiger partial charge in [-0.3, -0.25) is 24.1 Å². The molecule has 0 radical (unpaired) electrons. The highest BCUT2D eigenvalue weighted by atomic mass is 19.1. The van der Waals surface area contributed by atoms with Crippen LogP contribution in [0.1, 0.15) is 42.5 Å². The van der Waals surface area contributed by atoms with Crippen molar-refractivity contribution in [1.29, 1.82) is 0 Å². The van der Waals surface area contributed by atoms with Gasteiger partial charge in [-0.1, -0.05) is 12.2 Å². The van der Waals surface area contributed by atoms with E-state index in [0.717, 1.165) is 6.42 Å². The van der Waals surface area contributed by atoms with Crippen LogP contribution in [0.3, 0.4) is 0 Å². The number of rotatable bonds is 5. The second-order valence-corrected chi connectivity index (χ2v) is 10.2. The number of allylic oxidation sites excluding steroid dienone is 2. The highest BCUT2D eigenvalue weighted by Crippen LogP contribution is 2.65. The minimum absolute atomic E-state index is 0.00868. The summed E-state index contributed by atoms with van der Waals surface area (Å²) in [6.07, 6.45) is 7.71. The van der Waals surface area contributed by atoms with Crippen molar-refractivity contribution in [2.45, 2.75) is 38.1 Å². The van der Waals surface area contributed by atoms with Crippen LogP contribution in [0.4, 0.5) is 4.39 Å². The number of carbonyl (C=O) groups is 4. The summed E-state index contributed by atoms with van der Waals surface area (Å²) in [6.45, 7) is -0.380. The van der Waals surface area contributed by atoms with Crippen LogP contribution in [0.15, 0.2) is 36.4 Å². The van der Waals surface area contributed by atoms with Gasteiger partial charge in [-0.05, 0) is 80.0 Å². The smallest absolute Gasteiger partial charge is 0.309 e. The Kier molecular flexibility index (Phi) is 4.78. The Morgan fingerprint density at radius 3 is 2.06 bits per heavy atom. The third kappa shape index (κ3) is 3.27. The van der Waals surface area contributed by atoms with Gasteiger partial charge < -0.3 is 4.74 Å². The minimum Gasteiger partial charge on any atom is -0.457 e. The van der Waals surface area contributed by atoms with E-state index in [1.165, 1.54) is 29.2 Å². The van der Waals surface area contributed by atoms with Gasteiger partial charge in [-0.25, -0.2) is 4.39 Å². The van der Waals surface area contributed by atoms with Gasteiger partial charge >= 0.3 is 5.97 Å². The standard InChI is InChI=1S/C26H26FNO5/c27-15-5-1-13(2-6-15)21(29)12-33-26(32)14-3-7-16(8-4-14)28-24(30)22-17-9-10-18(20-11-19(17)20)23(22)25(28)31/h1-2,5-6,9-10,14,16-20,22-23H,3-4,7-8,11-12H2/t14?,16?,17-,18-,19-,20-,22+,23+/m1/s1. The summed E-state index contributed by atoms with van der Waals surface area (Å²) >= 11 is 0. The normalized spacial score (nSPS) is 38.2. The second kappa shape index (κ2) is 7.61. The first-order valence-electron chi connectivity index (χ1n) is 11.9. The van der Waals surface area contributed by atoms with E-state index in [-0.39, 0.29) is 59.8 Å². The summed E-state index contributed by atoms with van der Waals surface area (Å²) in [5.74, 6) is -0.370. The first-order chi connectivity index (χ1) is 15.9. The zero-order valence-corrected chi connectivity index (χ0v) is 18.2. The Hall–Kier alpha value is -2.83. The molecule has 33 heavy (non-hydrogen) atoms. The number of amides is 2. The van der Waals surface area contributed by atoms with Gasteiger partial charge in [0, 0.05) is 11.6 Å². The Balaban J connectivity index is 1.04. The summed E-state index contributed by atoms with van der Waals surface area (Å²) in [7, 11) is 0. The molecule has 1 aliphatic heterocycles. The Bertz CT molecular complexity index is 1020. The number of ketones is 1. The maximum absolute atomic E-state index is 13.3. The molecule has 1 aromatic rings. The topological polar surface area (TPSA) is 80.8 Å². The second-order valence-electron chi connectivity index (χ2n) is 10.2. The summed E-state index contributed by atoms with van der Waals surface area (Å²) in [5, 5.41) is 0. The quantitative estimate of drug-likeness (QED) is 0.297. The molecule has 6 aliphatic rings. The highest BCUT2D eigenvalue weighted by Gasteiger charge is 2.67. The molecule has 3 saturated carbocycles. The number of nitrogens with zero attached hydrogens (tertiary/aromatic N) is 1. The van der Waals surface area contributed by atoms with E-state index in [0.29, 0.717) is 43.1 Å². The van der Waals surface area contributed by atoms with Crippen LogP contribution in [-0.2, 0) is 19.1 Å². The molecule has 172 valence electrons.